The Labute approximate surface area is 161 Å². The molecule has 0 aliphatic carbocycles. The van der Waals surface area contributed by atoms with Gasteiger partial charge >= 0.3 is 0 Å². The average Bonchev–Trinajstić information content (AvgIpc) is 3.33. The molecule has 1 saturated heterocycles. The number of nitrogens with zero attached hydrogens (tertiary/aromatic N) is 4. The fourth-order valence-corrected chi connectivity index (χ4v) is 3.08. The van der Waals surface area contributed by atoms with Crippen LogP contribution in [0.2, 0.25) is 0 Å². The van der Waals surface area contributed by atoms with Gasteiger partial charge in [-0.15, -0.1) is 10.2 Å². The van der Waals surface area contributed by atoms with E-state index in [0.717, 1.165) is 50.1 Å². The lowest BCUT2D eigenvalue weighted by Gasteiger charge is -2.18. The summed E-state index contributed by atoms with van der Waals surface area (Å²) < 4.78 is 7.68. The maximum Gasteiger partial charge on any atom is 0.191 e. The first-order chi connectivity index (χ1) is 13.1. The third-order valence-corrected chi connectivity index (χ3v) is 5.03. The predicted octanol–water partition coefficient (Wildman–Crippen LogP) is 2.14. The Kier molecular flexibility index (Phi) is 6.81. The number of ether oxygens (including phenoxy) is 1. The van der Waals surface area contributed by atoms with Crippen LogP contribution in [0.25, 0.3) is 0 Å². The van der Waals surface area contributed by atoms with Gasteiger partial charge in [0.25, 0.3) is 0 Å². The molecule has 27 heavy (non-hydrogen) atoms. The van der Waals surface area contributed by atoms with Crippen LogP contribution < -0.4 is 10.6 Å². The molecule has 2 unspecified atom stereocenters. The number of rotatable bonds is 7. The van der Waals surface area contributed by atoms with E-state index < -0.39 is 0 Å². The molecule has 0 amide bonds. The molecule has 1 aromatic heterocycles. The second kappa shape index (κ2) is 9.50. The van der Waals surface area contributed by atoms with Crippen LogP contribution in [0.15, 0.2) is 35.3 Å². The Balaban J connectivity index is 1.61. The van der Waals surface area contributed by atoms with Gasteiger partial charge in [0.1, 0.15) is 12.4 Å². The van der Waals surface area contributed by atoms with Crippen LogP contribution in [0.1, 0.15) is 42.9 Å². The van der Waals surface area contributed by atoms with Gasteiger partial charge in [0.05, 0.1) is 6.10 Å². The van der Waals surface area contributed by atoms with E-state index in [-0.39, 0.29) is 6.10 Å². The third-order valence-electron chi connectivity index (χ3n) is 5.03. The molecule has 3 rings (SSSR count). The Morgan fingerprint density at radius 1 is 1.30 bits per heavy atom. The summed E-state index contributed by atoms with van der Waals surface area (Å²) in [5, 5.41) is 15.2. The number of aryl methyl sites for hydroxylation is 1. The summed E-state index contributed by atoms with van der Waals surface area (Å²) in [6, 6.07) is 10.5. The number of hydrogen-bond donors (Lipinski definition) is 2. The summed E-state index contributed by atoms with van der Waals surface area (Å²) in [6.45, 7) is 7.07. The average molecular weight is 371 g/mol. The molecular formula is C20H30N6O. The van der Waals surface area contributed by atoms with Crippen LogP contribution in [0.3, 0.4) is 0 Å². The van der Waals surface area contributed by atoms with E-state index >= 15 is 0 Å². The fraction of sp³-hybridized carbons (Fsp3) is 0.550. The number of aliphatic imine (C=N–C) groups is 1. The van der Waals surface area contributed by atoms with Crippen molar-refractivity contribution < 1.29 is 4.74 Å². The van der Waals surface area contributed by atoms with Crippen molar-refractivity contribution in [2.75, 3.05) is 19.7 Å². The molecule has 1 aliphatic rings. The van der Waals surface area contributed by atoms with Gasteiger partial charge in [-0.3, -0.25) is 0 Å². The maximum atomic E-state index is 5.71. The molecule has 2 atom stereocenters. The van der Waals surface area contributed by atoms with Crippen molar-refractivity contribution in [3.63, 3.8) is 0 Å². The summed E-state index contributed by atoms with van der Waals surface area (Å²) >= 11 is 0. The Bertz CT molecular complexity index is 736. The molecule has 0 radical (unpaired) electrons. The molecule has 2 N–H and O–H groups in total. The van der Waals surface area contributed by atoms with Crippen molar-refractivity contribution in [1.29, 1.82) is 0 Å². The SMILES string of the molecule is Cc1nnc(CN=C(NCC2CCCO2)NCC(C)c2ccccc2)n1C. The third kappa shape index (κ3) is 5.53. The smallest absolute Gasteiger partial charge is 0.191 e. The summed E-state index contributed by atoms with van der Waals surface area (Å²) in [4.78, 5) is 4.71. The van der Waals surface area contributed by atoms with Crippen molar-refractivity contribution in [3.05, 3.63) is 47.5 Å². The van der Waals surface area contributed by atoms with Crippen LogP contribution in [-0.2, 0) is 18.3 Å². The van der Waals surface area contributed by atoms with Crippen LogP contribution in [0.5, 0.6) is 0 Å². The standard InChI is InChI=1S/C20H30N6O/c1-15(17-8-5-4-6-9-17)12-21-20(22-13-18-10-7-11-27-18)23-14-19-25-24-16(2)26(19)3/h4-6,8-9,15,18H,7,10-14H2,1-3H3,(H2,21,22,23). The zero-order chi connectivity index (χ0) is 19.1. The van der Waals surface area contributed by atoms with E-state index in [9.17, 15) is 0 Å². The fourth-order valence-electron chi connectivity index (χ4n) is 3.08. The first-order valence-electron chi connectivity index (χ1n) is 9.67. The van der Waals surface area contributed by atoms with Gasteiger partial charge in [0.2, 0.25) is 0 Å². The second-order valence-electron chi connectivity index (χ2n) is 7.10. The number of guanidine groups is 1. The molecule has 7 nitrogen and oxygen atoms in total. The minimum absolute atomic E-state index is 0.264. The highest BCUT2D eigenvalue weighted by atomic mass is 16.5. The zero-order valence-corrected chi connectivity index (χ0v) is 16.5. The van der Waals surface area contributed by atoms with Gasteiger partial charge in [-0.05, 0) is 31.2 Å². The van der Waals surface area contributed by atoms with Crippen molar-refractivity contribution in [2.45, 2.75) is 45.3 Å². The molecule has 2 heterocycles. The van der Waals surface area contributed by atoms with Crippen LogP contribution in [-0.4, -0.2) is 46.5 Å². The zero-order valence-electron chi connectivity index (χ0n) is 16.5. The van der Waals surface area contributed by atoms with E-state index in [1.807, 2.05) is 24.6 Å². The molecule has 1 aromatic carbocycles. The molecule has 0 bridgehead atoms. The first-order valence-corrected chi connectivity index (χ1v) is 9.67. The number of nitrogens with one attached hydrogen (secondary N) is 2. The van der Waals surface area contributed by atoms with Crippen LogP contribution in [0.4, 0.5) is 0 Å². The monoisotopic (exact) mass is 370 g/mol. The second-order valence-corrected chi connectivity index (χ2v) is 7.10. The molecule has 1 aliphatic heterocycles. The molecule has 1 fully saturated rings. The van der Waals surface area contributed by atoms with E-state index in [1.54, 1.807) is 0 Å². The first kappa shape index (κ1) is 19.4. The Morgan fingerprint density at radius 2 is 2.11 bits per heavy atom. The van der Waals surface area contributed by atoms with E-state index in [1.165, 1.54) is 5.56 Å². The van der Waals surface area contributed by atoms with Crippen molar-refractivity contribution in [2.24, 2.45) is 12.0 Å². The van der Waals surface area contributed by atoms with Gasteiger partial charge in [-0.2, -0.15) is 0 Å². The molecule has 0 spiro atoms. The van der Waals surface area contributed by atoms with E-state index in [0.29, 0.717) is 12.5 Å². The van der Waals surface area contributed by atoms with Gasteiger partial charge in [-0.25, -0.2) is 4.99 Å². The van der Waals surface area contributed by atoms with Crippen molar-refractivity contribution >= 4 is 5.96 Å². The molecule has 146 valence electrons. The number of hydrogen-bond acceptors (Lipinski definition) is 4. The molecular weight excluding hydrogens is 340 g/mol. The van der Waals surface area contributed by atoms with Gasteiger partial charge < -0.3 is 19.9 Å². The van der Waals surface area contributed by atoms with Crippen molar-refractivity contribution in [3.8, 4) is 0 Å². The lowest BCUT2D eigenvalue weighted by molar-refractivity contribution is 0.114. The molecule has 7 heteroatoms. The van der Waals surface area contributed by atoms with Crippen LogP contribution in [0, 0.1) is 6.92 Å². The highest BCUT2D eigenvalue weighted by molar-refractivity contribution is 5.79. The maximum absolute atomic E-state index is 5.71. The lowest BCUT2D eigenvalue weighted by atomic mass is 10.0. The van der Waals surface area contributed by atoms with Gasteiger partial charge in [0.15, 0.2) is 11.8 Å². The predicted molar refractivity (Wildman–Crippen MR) is 107 cm³/mol. The van der Waals surface area contributed by atoms with E-state index in [4.69, 9.17) is 9.73 Å². The minimum atomic E-state index is 0.264. The normalized spacial score (nSPS) is 18.5. The summed E-state index contributed by atoms with van der Waals surface area (Å²) in [7, 11) is 1.96. The van der Waals surface area contributed by atoms with E-state index in [2.05, 4.69) is 52.0 Å². The number of benzene rings is 1. The topological polar surface area (TPSA) is 76.4 Å². The number of aromatic nitrogens is 3. The largest absolute Gasteiger partial charge is 0.376 e. The lowest BCUT2D eigenvalue weighted by Crippen LogP contribution is -2.42. The molecule has 0 saturated carbocycles. The Hall–Kier alpha value is -2.41. The van der Waals surface area contributed by atoms with Gasteiger partial charge in [-0.1, -0.05) is 37.3 Å². The summed E-state index contributed by atoms with van der Waals surface area (Å²) in [5.41, 5.74) is 1.31. The summed E-state index contributed by atoms with van der Waals surface area (Å²) in [6.07, 6.45) is 2.50. The Morgan fingerprint density at radius 3 is 2.78 bits per heavy atom. The molecule has 2 aromatic rings. The quantitative estimate of drug-likeness (QED) is 0.577. The van der Waals surface area contributed by atoms with Crippen molar-refractivity contribution in [1.82, 2.24) is 25.4 Å². The highest BCUT2D eigenvalue weighted by Gasteiger charge is 2.16. The minimum Gasteiger partial charge on any atom is -0.376 e. The summed E-state index contributed by atoms with van der Waals surface area (Å²) in [5.74, 6) is 2.91. The van der Waals surface area contributed by atoms with Gasteiger partial charge in [0, 0.05) is 26.7 Å². The van der Waals surface area contributed by atoms with Crippen LogP contribution >= 0.6 is 0 Å². The highest BCUT2D eigenvalue weighted by Crippen LogP contribution is 2.13.